The standard InChI is InChI=1S/C22H18Cl3N3O3S/c23-18-7-9-21(10-8-18)32(30,31)28(14-17-4-2-6-20(25)12-17)15-22(29)27-26-13-16-3-1-5-19(24)11-16/h1-13H,14-15H2,(H,27,29)/b26-13-. The Morgan fingerprint density at radius 1 is 0.906 bits per heavy atom. The number of halogens is 3. The van der Waals surface area contributed by atoms with Crippen molar-refractivity contribution in [2.45, 2.75) is 11.4 Å². The molecule has 3 aromatic rings. The van der Waals surface area contributed by atoms with E-state index in [2.05, 4.69) is 10.5 Å². The molecule has 6 nitrogen and oxygen atoms in total. The smallest absolute Gasteiger partial charge is 0.255 e. The van der Waals surface area contributed by atoms with Crippen molar-refractivity contribution >= 4 is 56.9 Å². The van der Waals surface area contributed by atoms with E-state index in [4.69, 9.17) is 34.8 Å². The Kier molecular flexibility index (Phi) is 8.28. The summed E-state index contributed by atoms with van der Waals surface area (Å²) in [4.78, 5) is 12.5. The molecule has 0 saturated heterocycles. The molecule has 0 bridgehead atoms. The molecule has 3 aromatic carbocycles. The first kappa shape index (κ1) is 24.2. The number of hydrogen-bond donors (Lipinski definition) is 1. The van der Waals surface area contributed by atoms with Gasteiger partial charge >= 0.3 is 0 Å². The molecule has 0 heterocycles. The minimum Gasteiger partial charge on any atom is -0.272 e. The highest BCUT2D eigenvalue weighted by Gasteiger charge is 2.27. The average molecular weight is 511 g/mol. The number of carbonyl (C=O) groups excluding carboxylic acids is 1. The first-order valence-corrected chi connectivity index (χ1v) is 11.9. The number of benzene rings is 3. The van der Waals surface area contributed by atoms with Gasteiger partial charge in [0, 0.05) is 21.6 Å². The molecule has 0 fully saturated rings. The van der Waals surface area contributed by atoms with Crippen molar-refractivity contribution in [2.24, 2.45) is 5.10 Å². The van der Waals surface area contributed by atoms with Crippen LogP contribution in [0.5, 0.6) is 0 Å². The maximum absolute atomic E-state index is 13.2. The molecule has 0 aromatic heterocycles. The lowest BCUT2D eigenvalue weighted by molar-refractivity contribution is -0.121. The summed E-state index contributed by atoms with van der Waals surface area (Å²) in [5, 5.41) is 5.27. The highest BCUT2D eigenvalue weighted by Crippen LogP contribution is 2.21. The van der Waals surface area contributed by atoms with Gasteiger partial charge in [0.15, 0.2) is 0 Å². The van der Waals surface area contributed by atoms with Crippen molar-refractivity contribution in [2.75, 3.05) is 6.54 Å². The van der Waals surface area contributed by atoms with Crippen LogP contribution in [0.3, 0.4) is 0 Å². The highest BCUT2D eigenvalue weighted by atomic mass is 35.5. The maximum Gasteiger partial charge on any atom is 0.255 e. The fourth-order valence-electron chi connectivity index (χ4n) is 2.78. The fraction of sp³-hybridized carbons (Fsp3) is 0.0909. The first-order chi connectivity index (χ1) is 15.2. The van der Waals surface area contributed by atoms with Gasteiger partial charge in [0.25, 0.3) is 5.91 Å². The van der Waals surface area contributed by atoms with Crippen molar-refractivity contribution in [1.82, 2.24) is 9.73 Å². The number of amides is 1. The molecule has 10 heteroatoms. The zero-order valence-electron chi connectivity index (χ0n) is 16.6. The van der Waals surface area contributed by atoms with E-state index in [1.165, 1.54) is 30.5 Å². The van der Waals surface area contributed by atoms with Crippen LogP contribution in [0.15, 0.2) is 82.8 Å². The lowest BCUT2D eigenvalue weighted by atomic mass is 10.2. The molecule has 0 aliphatic heterocycles. The van der Waals surface area contributed by atoms with Crippen LogP contribution in [0.25, 0.3) is 0 Å². The third-order valence-electron chi connectivity index (χ3n) is 4.27. The van der Waals surface area contributed by atoms with E-state index in [1.807, 2.05) is 0 Å². The number of nitrogens with one attached hydrogen (secondary N) is 1. The van der Waals surface area contributed by atoms with Crippen molar-refractivity contribution in [3.05, 3.63) is 99.0 Å². The van der Waals surface area contributed by atoms with Crippen LogP contribution in [0.1, 0.15) is 11.1 Å². The summed E-state index contributed by atoms with van der Waals surface area (Å²) in [5.41, 5.74) is 3.66. The Morgan fingerprint density at radius 3 is 2.22 bits per heavy atom. The molecule has 0 radical (unpaired) electrons. The van der Waals surface area contributed by atoms with Crippen LogP contribution >= 0.6 is 34.8 Å². The summed E-state index contributed by atoms with van der Waals surface area (Å²) >= 11 is 17.8. The van der Waals surface area contributed by atoms with Gasteiger partial charge in [-0.2, -0.15) is 9.41 Å². The molecular weight excluding hydrogens is 493 g/mol. The molecule has 0 saturated carbocycles. The topological polar surface area (TPSA) is 78.8 Å². The summed E-state index contributed by atoms with van der Waals surface area (Å²) in [7, 11) is -4.01. The van der Waals surface area contributed by atoms with E-state index >= 15 is 0 Å². The number of sulfonamides is 1. The van der Waals surface area contributed by atoms with Crippen LogP contribution in [0.2, 0.25) is 15.1 Å². The van der Waals surface area contributed by atoms with E-state index in [1.54, 1.807) is 48.5 Å². The molecule has 0 atom stereocenters. The van der Waals surface area contributed by atoms with Crippen LogP contribution in [-0.4, -0.2) is 31.4 Å². The van der Waals surface area contributed by atoms with Crippen molar-refractivity contribution in [1.29, 1.82) is 0 Å². The monoisotopic (exact) mass is 509 g/mol. The highest BCUT2D eigenvalue weighted by molar-refractivity contribution is 7.89. The summed E-state index contributed by atoms with van der Waals surface area (Å²) in [6, 6.07) is 19.4. The van der Waals surface area contributed by atoms with E-state index < -0.39 is 22.5 Å². The molecule has 166 valence electrons. The Balaban J connectivity index is 1.80. The average Bonchev–Trinajstić information content (AvgIpc) is 2.74. The van der Waals surface area contributed by atoms with Gasteiger partial charge in [-0.15, -0.1) is 0 Å². The predicted octanol–water partition coefficient (Wildman–Crippen LogP) is 4.99. The van der Waals surface area contributed by atoms with Crippen molar-refractivity contribution in [3.63, 3.8) is 0 Å². The Morgan fingerprint density at radius 2 is 1.56 bits per heavy atom. The molecule has 0 spiro atoms. The maximum atomic E-state index is 13.2. The summed E-state index contributed by atoms with van der Waals surface area (Å²) in [6.07, 6.45) is 1.42. The zero-order chi connectivity index (χ0) is 23.1. The first-order valence-electron chi connectivity index (χ1n) is 9.32. The Labute approximate surface area is 201 Å². The van der Waals surface area contributed by atoms with Crippen LogP contribution in [0.4, 0.5) is 0 Å². The molecule has 3 rings (SSSR count). The number of hydrazone groups is 1. The Hall–Kier alpha value is -2.42. The Bertz CT molecular complexity index is 1230. The second kappa shape index (κ2) is 10.9. The SMILES string of the molecule is O=C(CN(Cc1cccc(Cl)c1)S(=O)(=O)c1ccc(Cl)cc1)N/N=C\c1cccc(Cl)c1. The summed E-state index contributed by atoms with van der Waals surface area (Å²) in [6.45, 7) is -0.513. The molecule has 1 amide bonds. The lowest BCUT2D eigenvalue weighted by Crippen LogP contribution is -2.39. The van der Waals surface area contributed by atoms with E-state index in [-0.39, 0.29) is 11.4 Å². The van der Waals surface area contributed by atoms with Crippen LogP contribution < -0.4 is 5.43 Å². The quantitative estimate of drug-likeness (QED) is 0.343. The van der Waals surface area contributed by atoms with Gasteiger partial charge < -0.3 is 0 Å². The molecule has 0 aliphatic rings. The van der Waals surface area contributed by atoms with E-state index in [0.717, 1.165) is 4.31 Å². The number of rotatable bonds is 8. The minimum absolute atomic E-state index is 0.0131. The summed E-state index contributed by atoms with van der Waals surface area (Å²) in [5.74, 6) is -0.608. The van der Waals surface area contributed by atoms with Crippen LogP contribution in [0, 0.1) is 0 Å². The third kappa shape index (κ3) is 6.79. The van der Waals surface area contributed by atoms with Gasteiger partial charge in [0.1, 0.15) is 0 Å². The predicted molar refractivity (Wildman–Crippen MR) is 128 cm³/mol. The van der Waals surface area contributed by atoms with Gasteiger partial charge in [-0.05, 0) is 59.7 Å². The number of hydrogen-bond acceptors (Lipinski definition) is 4. The van der Waals surface area contributed by atoms with Gasteiger partial charge in [-0.25, -0.2) is 13.8 Å². The molecule has 0 aliphatic carbocycles. The number of carbonyl (C=O) groups is 1. The molecule has 0 unspecified atom stereocenters. The molecule has 1 N–H and O–H groups in total. The molecular formula is C22H18Cl3N3O3S. The largest absolute Gasteiger partial charge is 0.272 e. The second-order valence-electron chi connectivity index (χ2n) is 6.71. The van der Waals surface area contributed by atoms with E-state index in [0.29, 0.717) is 26.2 Å². The van der Waals surface area contributed by atoms with Crippen molar-refractivity contribution < 1.29 is 13.2 Å². The van der Waals surface area contributed by atoms with E-state index in [9.17, 15) is 13.2 Å². The minimum atomic E-state index is -4.01. The summed E-state index contributed by atoms with van der Waals surface area (Å²) < 4.78 is 27.5. The van der Waals surface area contributed by atoms with Gasteiger partial charge in [-0.3, -0.25) is 4.79 Å². The normalized spacial score (nSPS) is 11.8. The second-order valence-corrected chi connectivity index (χ2v) is 9.95. The van der Waals surface area contributed by atoms with Crippen LogP contribution in [-0.2, 0) is 21.4 Å². The third-order valence-corrected chi connectivity index (χ3v) is 6.80. The molecule has 32 heavy (non-hydrogen) atoms. The van der Waals surface area contributed by atoms with Gasteiger partial charge in [-0.1, -0.05) is 59.1 Å². The van der Waals surface area contributed by atoms with Gasteiger partial charge in [0.05, 0.1) is 17.7 Å². The fourth-order valence-corrected chi connectivity index (χ4v) is 4.70. The number of nitrogens with zero attached hydrogens (tertiary/aromatic N) is 2. The van der Waals surface area contributed by atoms with Crippen molar-refractivity contribution in [3.8, 4) is 0 Å². The lowest BCUT2D eigenvalue weighted by Gasteiger charge is -2.21. The van der Waals surface area contributed by atoms with Gasteiger partial charge in [0.2, 0.25) is 10.0 Å². The zero-order valence-corrected chi connectivity index (χ0v) is 19.7.